The second-order valence-corrected chi connectivity index (χ2v) is 6.61. The van der Waals surface area contributed by atoms with Gasteiger partial charge in [0.1, 0.15) is 0 Å². The Hall–Kier alpha value is -2.09. The Balaban J connectivity index is 1.72. The van der Waals surface area contributed by atoms with E-state index < -0.39 is 0 Å². The van der Waals surface area contributed by atoms with Gasteiger partial charge in [-0.1, -0.05) is 30.0 Å². The van der Waals surface area contributed by atoms with Crippen LogP contribution in [0.2, 0.25) is 0 Å². The zero-order valence-corrected chi connectivity index (χ0v) is 13.9. The third kappa shape index (κ3) is 3.82. The Kier molecular flexibility index (Phi) is 5.12. The number of ether oxygens (including phenoxy) is 1. The van der Waals surface area contributed by atoms with Gasteiger partial charge in [-0.3, -0.25) is 4.79 Å². The van der Waals surface area contributed by atoms with Crippen LogP contribution in [0, 0.1) is 11.8 Å². The molecule has 1 amide bonds. The first kappa shape index (κ1) is 15.8. The highest BCUT2D eigenvalue weighted by atomic mass is 32.1. The lowest BCUT2D eigenvalue weighted by atomic mass is 10.2. The van der Waals surface area contributed by atoms with Crippen LogP contribution in [0.25, 0.3) is 0 Å². The van der Waals surface area contributed by atoms with Gasteiger partial charge in [-0.05, 0) is 37.1 Å². The maximum absolute atomic E-state index is 12.7. The van der Waals surface area contributed by atoms with E-state index in [9.17, 15) is 4.79 Å². The Labute approximate surface area is 140 Å². The van der Waals surface area contributed by atoms with E-state index >= 15 is 0 Å². The molecule has 2 heterocycles. The van der Waals surface area contributed by atoms with Gasteiger partial charge in [0.25, 0.3) is 5.91 Å². The van der Waals surface area contributed by atoms with Crippen molar-refractivity contribution in [1.29, 1.82) is 0 Å². The fraction of sp³-hybridized carbons (Fsp3) is 0.316. The number of rotatable bonds is 3. The Morgan fingerprint density at radius 2 is 2.09 bits per heavy atom. The van der Waals surface area contributed by atoms with Gasteiger partial charge in [-0.2, -0.15) is 0 Å². The molecule has 0 bridgehead atoms. The molecule has 2 aromatic rings. The fourth-order valence-corrected chi connectivity index (χ4v) is 3.60. The molecule has 4 heteroatoms. The first-order chi connectivity index (χ1) is 11.3. The number of thiophene rings is 1. The Morgan fingerprint density at radius 3 is 2.87 bits per heavy atom. The summed E-state index contributed by atoms with van der Waals surface area (Å²) in [4.78, 5) is 16.3. The number of carbonyl (C=O) groups excluding carboxylic acids is 1. The van der Waals surface area contributed by atoms with Gasteiger partial charge >= 0.3 is 0 Å². The van der Waals surface area contributed by atoms with Crippen molar-refractivity contribution in [1.82, 2.24) is 4.90 Å². The highest BCUT2D eigenvalue weighted by Crippen LogP contribution is 2.24. The number of hydrogen-bond acceptors (Lipinski definition) is 3. The monoisotopic (exact) mass is 325 g/mol. The van der Waals surface area contributed by atoms with E-state index in [2.05, 4.69) is 11.8 Å². The molecule has 1 unspecified atom stereocenters. The molecule has 118 valence electrons. The fourth-order valence-electron chi connectivity index (χ4n) is 2.79. The lowest BCUT2D eigenvalue weighted by Gasteiger charge is -2.23. The van der Waals surface area contributed by atoms with E-state index in [0.717, 1.165) is 34.7 Å². The lowest BCUT2D eigenvalue weighted by molar-refractivity contribution is 0.0635. The van der Waals surface area contributed by atoms with Crippen LogP contribution in [0.5, 0.6) is 0 Å². The maximum Gasteiger partial charge on any atom is 0.264 e. The van der Waals surface area contributed by atoms with Crippen molar-refractivity contribution in [3.05, 3.63) is 57.8 Å². The van der Waals surface area contributed by atoms with E-state index in [4.69, 9.17) is 4.74 Å². The molecule has 1 saturated heterocycles. The van der Waals surface area contributed by atoms with Gasteiger partial charge < -0.3 is 9.64 Å². The van der Waals surface area contributed by atoms with E-state index in [1.165, 1.54) is 11.3 Å². The summed E-state index contributed by atoms with van der Waals surface area (Å²) < 4.78 is 5.22. The van der Waals surface area contributed by atoms with Crippen molar-refractivity contribution in [2.24, 2.45) is 0 Å². The van der Waals surface area contributed by atoms with Crippen LogP contribution in [0.15, 0.2) is 42.5 Å². The van der Waals surface area contributed by atoms with Crippen LogP contribution in [0.4, 0.5) is 0 Å². The molecule has 0 spiro atoms. The van der Waals surface area contributed by atoms with E-state index in [0.29, 0.717) is 6.61 Å². The minimum absolute atomic E-state index is 0.0994. The molecule has 3 nitrogen and oxygen atoms in total. The zero-order valence-electron chi connectivity index (χ0n) is 13.1. The average molecular weight is 325 g/mol. The molecule has 0 N–H and O–H groups in total. The summed E-state index contributed by atoms with van der Waals surface area (Å²) in [7, 11) is 1.68. The molecule has 23 heavy (non-hydrogen) atoms. The Bertz CT molecular complexity index is 727. The summed E-state index contributed by atoms with van der Waals surface area (Å²) >= 11 is 1.46. The number of benzene rings is 1. The normalized spacial score (nSPS) is 16.9. The average Bonchev–Trinajstić information content (AvgIpc) is 3.23. The van der Waals surface area contributed by atoms with Crippen molar-refractivity contribution >= 4 is 17.2 Å². The largest absolute Gasteiger partial charge is 0.383 e. The van der Waals surface area contributed by atoms with Crippen LogP contribution < -0.4 is 0 Å². The van der Waals surface area contributed by atoms with Crippen LogP contribution in [-0.2, 0) is 4.74 Å². The van der Waals surface area contributed by atoms with Gasteiger partial charge in [0.15, 0.2) is 0 Å². The van der Waals surface area contributed by atoms with Crippen molar-refractivity contribution in [2.75, 3.05) is 20.3 Å². The van der Waals surface area contributed by atoms with Crippen molar-refractivity contribution in [2.45, 2.75) is 18.9 Å². The van der Waals surface area contributed by atoms with Gasteiger partial charge in [0.05, 0.1) is 22.4 Å². The third-order valence-electron chi connectivity index (χ3n) is 3.92. The molecular weight excluding hydrogens is 306 g/mol. The molecule has 1 aliphatic rings. The summed E-state index contributed by atoms with van der Waals surface area (Å²) in [6.07, 6.45) is 2.07. The van der Waals surface area contributed by atoms with Crippen molar-refractivity contribution in [3.63, 3.8) is 0 Å². The maximum atomic E-state index is 12.7. The summed E-state index contributed by atoms with van der Waals surface area (Å²) in [6, 6.07) is 13.9. The molecule has 1 aliphatic heterocycles. The highest BCUT2D eigenvalue weighted by molar-refractivity contribution is 7.14. The highest BCUT2D eigenvalue weighted by Gasteiger charge is 2.29. The smallest absolute Gasteiger partial charge is 0.264 e. The van der Waals surface area contributed by atoms with Gasteiger partial charge in [-0.25, -0.2) is 0 Å². The topological polar surface area (TPSA) is 29.5 Å². The summed E-state index contributed by atoms with van der Waals surface area (Å²) in [5.41, 5.74) is 0.980. The number of methoxy groups -OCH3 is 1. The van der Waals surface area contributed by atoms with Crippen molar-refractivity contribution < 1.29 is 9.53 Å². The predicted molar refractivity (Wildman–Crippen MR) is 92.7 cm³/mol. The molecule has 3 rings (SSSR count). The zero-order chi connectivity index (χ0) is 16.1. The van der Waals surface area contributed by atoms with E-state index in [1.54, 1.807) is 7.11 Å². The quantitative estimate of drug-likeness (QED) is 0.810. The lowest BCUT2D eigenvalue weighted by Crippen LogP contribution is -2.37. The SMILES string of the molecule is COCC1CCCN1C(=O)c1ccc(C#Cc2ccccc2)s1. The number of carbonyl (C=O) groups is 1. The van der Waals surface area contributed by atoms with E-state index in [1.807, 2.05) is 47.4 Å². The molecule has 1 aromatic carbocycles. The van der Waals surface area contributed by atoms with Crippen molar-refractivity contribution in [3.8, 4) is 11.8 Å². The van der Waals surface area contributed by atoms with Crippen LogP contribution in [0.1, 0.15) is 33.0 Å². The van der Waals surface area contributed by atoms with Gasteiger partial charge in [0, 0.05) is 19.2 Å². The summed E-state index contributed by atoms with van der Waals surface area (Å²) in [5.74, 6) is 6.36. The summed E-state index contributed by atoms with van der Waals surface area (Å²) in [5, 5.41) is 0. The first-order valence-electron chi connectivity index (χ1n) is 7.75. The molecule has 1 aromatic heterocycles. The number of hydrogen-bond donors (Lipinski definition) is 0. The second kappa shape index (κ2) is 7.45. The van der Waals surface area contributed by atoms with Crippen LogP contribution in [0.3, 0.4) is 0 Å². The van der Waals surface area contributed by atoms with Gasteiger partial charge in [0.2, 0.25) is 0 Å². The Morgan fingerprint density at radius 1 is 1.26 bits per heavy atom. The number of likely N-dealkylation sites (tertiary alicyclic amines) is 1. The predicted octanol–water partition coefficient (Wildman–Crippen LogP) is 3.40. The molecule has 1 atom stereocenters. The minimum Gasteiger partial charge on any atom is -0.383 e. The van der Waals surface area contributed by atoms with Crippen LogP contribution >= 0.6 is 11.3 Å². The minimum atomic E-state index is 0.0994. The van der Waals surface area contributed by atoms with E-state index in [-0.39, 0.29) is 11.9 Å². The summed E-state index contributed by atoms with van der Waals surface area (Å²) in [6.45, 7) is 1.42. The third-order valence-corrected chi connectivity index (χ3v) is 4.91. The molecule has 0 aliphatic carbocycles. The molecular formula is C19H19NO2S. The number of amides is 1. The molecule has 1 fully saturated rings. The van der Waals surface area contributed by atoms with Crippen LogP contribution in [-0.4, -0.2) is 37.1 Å². The second-order valence-electron chi connectivity index (χ2n) is 5.53. The molecule has 0 radical (unpaired) electrons. The first-order valence-corrected chi connectivity index (χ1v) is 8.56. The van der Waals surface area contributed by atoms with Gasteiger partial charge in [-0.15, -0.1) is 11.3 Å². The molecule has 0 saturated carbocycles. The number of nitrogens with zero attached hydrogens (tertiary/aromatic N) is 1. The standard InChI is InChI=1S/C19H19NO2S/c1-22-14-16-8-5-13-20(16)19(21)18-12-11-17(23-18)10-9-15-6-3-2-4-7-15/h2-4,6-7,11-12,16H,5,8,13-14H2,1H3.